The molecule has 1 aromatic carbocycles. The number of amides is 1. The summed E-state index contributed by atoms with van der Waals surface area (Å²) in [6, 6.07) is 5.17. The monoisotopic (exact) mass is 300 g/mol. The van der Waals surface area contributed by atoms with Gasteiger partial charge in [0.05, 0.1) is 5.56 Å². The summed E-state index contributed by atoms with van der Waals surface area (Å²) in [4.78, 5) is 14.1. The van der Waals surface area contributed by atoms with E-state index in [-0.39, 0.29) is 29.9 Å². The minimum absolute atomic E-state index is 0. The highest BCUT2D eigenvalue weighted by Gasteiger charge is 2.24. The van der Waals surface area contributed by atoms with Gasteiger partial charge in [-0.2, -0.15) is 0 Å². The molecule has 1 aliphatic heterocycles. The predicted molar refractivity (Wildman–Crippen MR) is 81.0 cm³/mol. The van der Waals surface area contributed by atoms with Gasteiger partial charge < -0.3 is 10.2 Å². The minimum Gasteiger partial charge on any atom is -0.339 e. The normalized spacial score (nSPS) is 18.9. The summed E-state index contributed by atoms with van der Waals surface area (Å²) in [7, 11) is 1.78. The van der Waals surface area contributed by atoms with Crippen molar-refractivity contribution in [1.82, 2.24) is 10.2 Å². The molecule has 1 aliphatic rings. The number of aryl methyl sites for hydroxylation is 1. The van der Waals surface area contributed by atoms with Crippen LogP contribution in [0.15, 0.2) is 18.2 Å². The zero-order valence-corrected chi connectivity index (χ0v) is 12.8. The van der Waals surface area contributed by atoms with Crippen LogP contribution in [0.4, 0.5) is 4.39 Å². The van der Waals surface area contributed by atoms with Crippen LogP contribution in [0.3, 0.4) is 0 Å². The van der Waals surface area contributed by atoms with Crippen LogP contribution in [0, 0.1) is 12.7 Å². The summed E-state index contributed by atoms with van der Waals surface area (Å²) < 4.78 is 14.0. The summed E-state index contributed by atoms with van der Waals surface area (Å²) in [5.41, 5.74) is 0.696. The second-order valence-corrected chi connectivity index (χ2v) is 5.19. The van der Waals surface area contributed by atoms with Gasteiger partial charge in [-0.3, -0.25) is 4.79 Å². The van der Waals surface area contributed by atoms with Crippen molar-refractivity contribution < 1.29 is 9.18 Å². The van der Waals surface area contributed by atoms with Crippen molar-refractivity contribution in [3.8, 4) is 0 Å². The molecule has 1 aromatic rings. The molecule has 3 nitrogen and oxygen atoms in total. The van der Waals surface area contributed by atoms with Crippen LogP contribution in [0.5, 0.6) is 0 Å². The largest absolute Gasteiger partial charge is 0.339 e. The molecule has 0 radical (unpaired) electrons. The fourth-order valence-corrected chi connectivity index (χ4v) is 2.56. The molecule has 5 heteroatoms. The van der Waals surface area contributed by atoms with Crippen molar-refractivity contribution >= 4 is 18.3 Å². The van der Waals surface area contributed by atoms with Crippen molar-refractivity contribution in [2.45, 2.75) is 32.2 Å². The Bertz CT molecular complexity index is 459. The van der Waals surface area contributed by atoms with Crippen molar-refractivity contribution in [3.05, 3.63) is 35.1 Å². The summed E-state index contributed by atoms with van der Waals surface area (Å²) in [6.07, 6.45) is 2.96. The van der Waals surface area contributed by atoms with E-state index in [1.54, 1.807) is 37.1 Å². The number of benzene rings is 1. The molecule has 1 amide bonds. The minimum atomic E-state index is -0.397. The lowest BCUT2D eigenvalue weighted by molar-refractivity contribution is 0.0715. The van der Waals surface area contributed by atoms with E-state index >= 15 is 0 Å². The van der Waals surface area contributed by atoms with Crippen LogP contribution < -0.4 is 5.32 Å². The first-order chi connectivity index (χ1) is 9.11. The van der Waals surface area contributed by atoms with Gasteiger partial charge >= 0.3 is 0 Å². The number of halogens is 2. The number of hydrogen-bond donors (Lipinski definition) is 1. The van der Waals surface area contributed by atoms with E-state index < -0.39 is 5.82 Å². The van der Waals surface area contributed by atoms with Gasteiger partial charge in [0.15, 0.2) is 0 Å². The highest BCUT2D eigenvalue weighted by Crippen LogP contribution is 2.18. The maximum Gasteiger partial charge on any atom is 0.256 e. The Kier molecular flexibility index (Phi) is 6.43. The Balaban J connectivity index is 0.00000200. The van der Waals surface area contributed by atoms with E-state index in [2.05, 4.69) is 5.32 Å². The molecule has 1 unspecified atom stereocenters. The molecular formula is C15H22ClFN2O. The molecule has 112 valence electrons. The third-order valence-corrected chi connectivity index (χ3v) is 3.84. The van der Waals surface area contributed by atoms with Crippen molar-refractivity contribution in [3.63, 3.8) is 0 Å². The van der Waals surface area contributed by atoms with E-state index in [0.29, 0.717) is 5.56 Å². The molecular weight excluding hydrogens is 279 g/mol. The molecule has 0 spiro atoms. The highest BCUT2D eigenvalue weighted by atomic mass is 35.5. The second kappa shape index (κ2) is 7.60. The zero-order chi connectivity index (χ0) is 13.8. The average molecular weight is 301 g/mol. The number of carbonyl (C=O) groups excluding carboxylic acids is 1. The number of carbonyl (C=O) groups is 1. The fraction of sp³-hybridized carbons (Fsp3) is 0.533. The first-order valence-electron chi connectivity index (χ1n) is 6.84. The van der Waals surface area contributed by atoms with Crippen molar-refractivity contribution in [1.29, 1.82) is 0 Å². The van der Waals surface area contributed by atoms with Gasteiger partial charge in [-0.25, -0.2) is 4.39 Å². The van der Waals surface area contributed by atoms with Gasteiger partial charge in [-0.1, -0.05) is 12.1 Å². The van der Waals surface area contributed by atoms with Crippen LogP contribution in [-0.2, 0) is 0 Å². The Hall–Kier alpha value is -1.13. The molecule has 2 rings (SSSR count). The van der Waals surface area contributed by atoms with Gasteiger partial charge in [0, 0.05) is 13.1 Å². The molecule has 1 heterocycles. The lowest BCUT2D eigenvalue weighted by Crippen LogP contribution is -2.38. The summed E-state index contributed by atoms with van der Waals surface area (Å²) >= 11 is 0. The van der Waals surface area contributed by atoms with E-state index in [0.717, 1.165) is 32.4 Å². The van der Waals surface area contributed by atoms with Gasteiger partial charge in [-0.15, -0.1) is 12.4 Å². The maximum atomic E-state index is 14.0. The predicted octanol–water partition coefficient (Wildman–Crippen LogP) is 2.77. The summed E-state index contributed by atoms with van der Waals surface area (Å²) in [5, 5.41) is 3.32. The molecule has 20 heavy (non-hydrogen) atoms. The van der Waals surface area contributed by atoms with E-state index in [1.807, 2.05) is 0 Å². The van der Waals surface area contributed by atoms with Crippen LogP contribution in [0.25, 0.3) is 0 Å². The molecule has 0 aromatic heterocycles. The third-order valence-electron chi connectivity index (χ3n) is 3.84. The number of nitrogens with zero attached hydrogens (tertiary/aromatic N) is 1. The molecule has 1 fully saturated rings. The smallest absolute Gasteiger partial charge is 0.256 e. The van der Waals surface area contributed by atoms with Crippen LogP contribution in [0.1, 0.15) is 35.2 Å². The quantitative estimate of drug-likeness (QED) is 0.911. The Morgan fingerprint density at radius 1 is 1.35 bits per heavy atom. The van der Waals surface area contributed by atoms with Gasteiger partial charge in [0.25, 0.3) is 5.91 Å². The van der Waals surface area contributed by atoms with E-state index in [1.165, 1.54) is 0 Å². The van der Waals surface area contributed by atoms with Crippen LogP contribution in [0.2, 0.25) is 0 Å². The number of hydrogen-bond acceptors (Lipinski definition) is 2. The number of nitrogens with one attached hydrogen (secondary N) is 1. The standard InChI is InChI=1S/C15H21FN2O.ClH/c1-11-5-3-7-13(14(11)16)15(19)18(2)12-6-4-9-17-10-8-12;/h3,5,7,12,17H,4,6,8-10H2,1-2H3;1H. The second-order valence-electron chi connectivity index (χ2n) is 5.19. The van der Waals surface area contributed by atoms with Gasteiger partial charge in [0.2, 0.25) is 0 Å². The molecule has 1 N–H and O–H groups in total. The molecule has 1 atom stereocenters. The van der Waals surface area contributed by atoms with Gasteiger partial charge in [-0.05, 0) is 50.9 Å². The lowest BCUT2D eigenvalue weighted by atomic mass is 10.1. The molecule has 1 saturated heterocycles. The summed E-state index contributed by atoms with van der Waals surface area (Å²) in [5.74, 6) is -0.612. The third kappa shape index (κ3) is 3.70. The van der Waals surface area contributed by atoms with Crippen molar-refractivity contribution in [2.24, 2.45) is 0 Å². The topological polar surface area (TPSA) is 32.3 Å². The van der Waals surface area contributed by atoms with Crippen molar-refractivity contribution in [2.75, 3.05) is 20.1 Å². The molecule has 0 bridgehead atoms. The zero-order valence-electron chi connectivity index (χ0n) is 12.0. The Morgan fingerprint density at radius 2 is 2.10 bits per heavy atom. The fourth-order valence-electron chi connectivity index (χ4n) is 2.56. The lowest BCUT2D eigenvalue weighted by Gasteiger charge is -2.27. The SMILES string of the molecule is Cc1cccc(C(=O)N(C)C2CCCNCC2)c1F.Cl. The van der Waals surface area contributed by atoms with Crippen LogP contribution >= 0.6 is 12.4 Å². The van der Waals surface area contributed by atoms with Crippen LogP contribution in [-0.4, -0.2) is 37.0 Å². The number of rotatable bonds is 2. The first-order valence-corrected chi connectivity index (χ1v) is 6.84. The van der Waals surface area contributed by atoms with E-state index in [9.17, 15) is 9.18 Å². The highest BCUT2D eigenvalue weighted by molar-refractivity contribution is 5.94. The molecule has 0 aliphatic carbocycles. The Morgan fingerprint density at radius 3 is 2.85 bits per heavy atom. The van der Waals surface area contributed by atoms with E-state index in [4.69, 9.17) is 0 Å². The average Bonchev–Trinajstić information content (AvgIpc) is 2.69. The van der Waals surface area contributed by atoms with Gasteiger partial charge in [0.1, 0.15) is 5.82 Å². The Labute approximate surface area is 125 Å². The maximum absolute atomic E-state index is 14.0. The first kappa shape index (κ1) is 16.9. The molecule has 0 saturated carbocycles. The summed E-state index contributed by atoms with van der Waals surface area (Å²) in [6.45, 7) is 3.59.